The molecule has 2 aromatic rings. The largest absolute Gasteiger partial charge is 0.493 e. The zero-order chi connectivity index (χ0) is 27.8. The molecular weight excluding hydrogens is 486 g/mol. The predicted molar refractivity (Wildman–Crippen MR) is 153 cm³/mol. The molecule has 4 N–H and O–H groups in total. The summed E-state index contributed by atoms with van der Waals surface area (Å²) in [6, 6.07) is 13.9. The molecule has 0 aliphatic rings. The van der Waals surface area contributed by atoms with Gasteiger partial charge in [-0.25, -0.2) is 0 Å². The SMILES string of the molecule is COc1cc(CN(C(N)=S)C(COC(=O)C(C)(C)C)Cc2ccc(C(C)(C)C)cc2)ccc1OCCN. The summed E-state index contributed by atoms with van der Waals surface area (Å²) in [5, 5.41) is 0.227. The summed E-state index contributed by atoms with van der Waals surface area (Å²) in [6.07, 6.45) is 0.605. The molecule has 2 rings (SSSR count). The molecule has 1 unspecified atom stereocenters. The molecule has 1 atom stereocenters. The smallest absolute Gasteiger partial charge is 0.311 e. The van der Waals surface area contributed by atoms with Crippen molar-refractivity contribution in [3.8, 4) is 11.5 Å². The Bertz CT molecular complexity index is 1040. The first-order chi connectivity index (χ1) is 17.3. The van der Waals surface area contributed by atoms with Crippen LogP contribution in [0.4, 0.5) is 0 Å². The minimum Gasteiger partial charge on any atom is -0.493 e. The Balaban J connectivity index is 2.34. The highest BCUT2D eigenvalue weighted by atomic mass is 32.1. The van der Waals surface area contributed by atoms with Crippen LogP contribution in [0.25, 0.3) is 0 Å². The summed E-state index contributed by atoms with van der Waals surface area (Å²) in [5.41, 5.74) is 14.5. The molecule has 0 saturated heterocycles. The summed E-state index contributed by atoms with van der Waals surface area (Å²) in [5.74, 6) is 0.946. The van der Waals surface area contributed by atoms with Crippen molar-refractivity contribution in [1.29, 1.82) is 0 Å². The lowest BCUT2D eigenvalue weighted by Gasteiger charge is -2.33. The van der Waals surface area contributed by atoms with Gasteiger partial charge in [-0.3, -0.25) is 4.79 Å². The molecule has 0 heterocycles. The van der Waals surface area contributed by atoms with Crippen molar-refractivity contribution in [2.24, 2.45) is 16.9 Å². The molecule has 8 heteroatoms. The molecular formula is C29H43N3O4S. The quantitative estimate of drug-likeness (QED) is 0.322. The number of nitrogens with zero attached hydrogens (tertiary/aromatic N) is 1. The number of hydrogen-bond acceptors (Lipinski definition) is 6. The van der Waals surface area contributed by atoms with E-state index in [-0.39, 0.29) is 29.1 Å². The van der Waals surface area contributed by atoms with E-state index in [9.17, 15) is 4.79 Å². The summed E-state index contributed by atoms with van der Waals surface area (Å²) in [7, 11) is 1.59. The Morgan fingerprint density at radius 3 is 2.14 bits per heavy atom. The number of rotatable bonds is 11. The van der Waals surface area contributed by atoms with Crippen LogP contribution in [0.5, 0.6) is 11.5 Å². The van der Waals surface area contributed by atoms with E-state index in [4.69, 9.17) is 37.9 Å². The molecule has 2 aromatic carbocycles. The van der Waals surface area contributed by atoms with Crippen LogP contribution < -0.4 is 20.9 Å². The van der Waals surface area contributed by atoms with Gasteiger partial charge in [-0.15, -0.1) is 0 Å². The molecule has 0 saturated carbocycles. The molecule has 0 aliphatic heterocycles. The van der Waals surface area contributed by atoms with Gasteiger partial charge < -0.3 is 30.6 Å². The third-order valence-corrected chi connectivity index (χ3v) is 6.23. The van der Waals surface area contributed by atoms with Crippen LogP contribution in [-0.4, -0.2) is 48.9 Å². The van der Waals surface area contributed by atoms with Gasteiger partial charge in [0.1, 0.15) is 13.2 Å². The lowest BCUT2D eigenvalue weighted by atomic mass is 9.86. The highest BCUT2D eigenvalue weighted by molar-refractivity contribution is 7.80. The minimum absolute atomic E-state index is 0.0596. The maximum Gasteiger partial charge on any atom is 0.311 e. The molecule has 0 radical (unpaired) electrons. The van der Waals surface area contributed by atoms with E-state index < -0.39 is 5.41 Å². The highest BCUT2D eigenvalue weighted by Gasteiger charge is 2.27. The van der Waals surface area contributed by atoms with Crippen molar-refractivity contribution in [3.63, 3.8) is 0 Å². The van der Waals surface area contributed by atoms with Crippen molar-refractivity contribution in [3.05, 3.63) is 59.2 Å². The third kappa shape index (κ3) is 9.20. The summed E-state index contributed by atoms with van der Waals surface area (Å²) in [6.45, 7) is 13.4. The number of carbonyl (C=O) groups is 1. The molecule has 0 bridgehead atoms. The van der Waals surface area contributed by atoms with Crippen molar-refractivity contribution in [2.75, 3.05) is 26.9 Å². The third-order valence-electron chi connectivity index (χ3n) is 5.99. The van der Waals surface area contributed by atoms with Gasteiger partial charge in [0.2, 0.25) is 0 Å². The van der Waals surface area contributed by atoms with Gasteiger partial charge in [-0.1, -0.05) is 51.1 Å². The fourth-order valence-electron chi connectivity index (χ4n) is 3.74. The standard InChI is InChI=1S/C29H43N3O4S/c1-28(2,3)22-11-8-20(9-12-22)16-23(19-36-26(33)29(4,5)6)32(27(31)37)18-21-10-13-24(35-15-14-30)25(17-21)34-7/h8-13,17,23H,14-16,18-19,30H2,1-7H3,(H2,31,37). The Morgan fingerprint density at radius 1 is 1.00 bits per heavy atom. The van der Waals surface area contributed by atoms with Crippen molar-refractivity contribution >= 4 is 23.3 Å². The van der Waals surface area contributed by atoms with Gasteiger partial charge in [0.15, 0.2) is 16.6 Å². The average Bonchev–Trinajstić information content (AvgIpc) is 2.82. The lowest BCUT2D eigenvalue weighted by molar-refractivity contribution is -0.154. The van der Waals surface area contributed by atoms with Crippen LogP contribution in [0.1, 0.15) is 58.2 Å². The lowest BCUT2D eigenvalue weighted by Crippen LogP contribution is -2.47. The van der Waals surface area contributed by atoms with Gasteiger partial charge in [0, 0.05) is 13.1 Å². The van der Waals surface area contributed by atoms with Crippen LogP contribution >= 0.6 is 12.2 Å². The Kier molecular flexibility index (Phi) is 10.8. The van der Waals surface area contributed by atoms with Crippen molar-refractivity contribution in [1.82, 2.24) is 4.90 Å². The Labute approximate surface area is 227 Å². The number of thiocarbonyl (C=S) groups is 1. The van der Waals surface area contributed by atoms with E-state index >= 15 is 0 Å². The monoisotopic (exact) mass is 529 g/mol. The molecule has 0 aromatic heterocycles. The number of esters is 1. The van der Waals surface area contributed by atoms with E-state index in [2.05, 4.69) is 45.0 Å². The van der Waals surface area contributed by atoms with Crippen molar-refractivity contribution in [2.45, 2.75) is 66.0 Å². The van der Waals surface area contributed by atoms with Crippen LogP contribution in [0, 0.1) is 5.41 Å². The number of benzene rings is 2. The maximum atomic E-state index is 12.6. The fraction of sp³-hybridized carbons (Fsp3) is 0.517. The molecule has 204 valence electrons. The normalized spacial score (nSPS) is 12.5. The molecule has 0 fully saturated rings. The second-order valence-corrected chi connectivity index (χ2v) is 11.7. The van der Waals surface area contributed by atoms with Crippen LogP contribution in [-0.2, 0) is 27.9 Å². The van der Waals surface area contributed by atoms with Crippen molar-refractivity contribution < 1.29 is 19.0 Å². The summed E-state index contributed by atoms with van der Waals surface area (Å²) >= 11 is 5.47. The average molecular weight is 530 g/mol. The first-order valence-electron chi connectivity index (χ1n) is 12.6. The van der Waals surface area contributed by atoms with Crippen LogP contribution in [0.2, 0.25) is 0 Å². The van der Waals surface area contributed by atoms with Crippen LogP contribution in [0.3, 0.4) is 0 Å². The molecule has 0 amide bonds. The molecule has 7 nitrogen and oxygen atoms in total. The fourth-order valence-corrected chi connectivity index (χ4v) is 3.96. The van der Waals surface area contributed by atoms with Gasteiger partial charge in [0.25, 0.3) is 0 Å². The second-order valence-electron chi connectivity index (χ2n) is 11.2. The molecule has 0 spiro atoms. The van der Waals surface area contributed by atoms with Gasteiger partial charge in [-0.05, 0) is 73.6 Å². The minimum atomic E-state index is -0.611. The highest BCUT2D eigenvalue weighted by Crippen LogP contribution is 2.29. The summed E-state index contributed by atoms with van der Waals surface area (Å²) in [4.78, 5) is 14.5. The van der Waals surface area contributed by atoms with E-state index in [0.717, 1.165) is 11.1 Å². The zero-order valence-electron chi connectivity index (χ0n) is 23.3. The topological polar surface area (TPSA) is 100 Å². The number of hydrogen-bond donors (Lipinski definition) is 2. The first kappa shape index (κ1) is 30.4. The second kappa shape index (κ2) is 13.1. The number of methoxy groups -OCH3 is 1. The Hall–Kier alpha value is -2.84. The van der Waals surface area contributed by atoms with Crippen LogP contribution in [0.15, 0.2) is 42.5 Å². The van der Waals surface area contributed by atoms with E-state index in [1.54, 1.807) is 7.11 Å². The Morgan fingerprint density at radius 2 is 1.62 bits per heavy atom. The van der Waals surface area contributed by atoms with E-state index in [1.165, 1.54) is 5.56 Å². The first-order valence-corrected chi connectivity index (χ1v) is 13.0. The number of nitrogens with two attached hydrogens (primary N) is 2. The maximum absolute atomic E-state index is 12.6. The van der Waals surface area contributed by atoms with Gasteiger partial charge in [0.05, 0.1) is 18.6 Å². The zero-order valence-corrected chi connectivity index (χ0v) is 24.1. The summed E-state index contributed by atoms with van der Waals surface area (Å²) < 4.78 is 16.9. The molecule has 37 heavy (non-hydrogen) atoms. The van der Waals surface area contributed by atoms with Gasteiger partial charge in [-0.2, -0.15) is 0 Å². The number of ether oxygens (including phenoxy) is 3. The van der Waals surface area contributed by atoms with E-state index in [0.29, 0.717) is 37.6 Å². The predicted octanol–water partition coefficient (Wildman–Crippen LogP) is 4.58. The molecule has 0 aliphatic carbocycles. The number of carbonyl (C=O) groups excluding carboxylic acids is 1. The van der Waals surface area contributed by atoms with E-state index in [1.807, 2.05) is 43.9 Å². The van der Waals surface area contributed by atoms with Gasteiger partial charge >= 0.3 is 5.97 Å².